The van der Waals surface area contributed by atoms with E-state index in [1.807, 2.05) is 0 Å². The Bertz CT molecular complexity index is 386. The van der Waals surface area contributed by atoms with E-state index in [1.165, 1.54) is 11.3 Å². The number of nitrogens with one attached hydrogen (secondary N) is 1. The summed E-state index contributed by atoms with van der Waals surface area (Å²) in [6.07, 6.45) is 4.53. The fourth-order valence-corrected chi connectivity index (χ4v) is 2.59. The molecule has 0 aliphatic rings. The average molecular weight is 277 g/mol. The van der Waals surface area contributed by atoms with Crippen molar-refractivity contribution in [3.63, 3.8) is 0 Å². The van der Waals surface area contributed by atoms with Crippen molar-refractivity contribution in [1.29, 1.82) is 0 Å². The van der Waals surface area contributed by atoms with Crippen molar-refractivity contribution in [3.05, 3.63) is 23.4 Å². The van der Waals surface area contributed by atoms with Crippen molar-refractivity contribution in [3.8, 4) is 0 Å². The highest BCUT2D eigenvalue weighted by molar-refractivity contribution is 5.43. The van der Waals surface area contributed by atoms with E-state index in [9.17, 15) is 0 Å². The van der Waals surface area contributed by atoms with Crippen LogP contribution < -0.4 is 10.2 Å². The van der Waals surface area contributed by atoms with Crippen LogP contribution in [-0.2, 0) is 13.0 Å². The third-order valence-corrected chi connectivity index (χ3v) is 3.86. The summed E-state index contributed by atoms with van der Waals surface area (Å²) >= 11 is 0. The third kappa shape index (κ3) is 4.78. The van der Waals surface area contributed by atoms with Crippen LogP contribution in [0, 0.1) is 0 Å². The zero-order chi connectivity index (χ0) is 15.0. The predicted molar refractivity (Wildman–Crippen MR) is 88.4 cm³/mol. The molecule has 0 aromatic carbocycles. The topological polar surface area (TPSA) is 28.2 Å². The summed E-state index contributed by atoms with van der Waals surface area (Å²) in [4.78, 5) is 7.19. The molecule has 0 radical (unpaired) electrons. The van der Waals surface area contributed by atoms with Crippen LogP contribution in [0.25, 0.3) is 0 Å². The van der Waals surface area contributed by atoms with Gasteiger partial charge in [0.1, 0.15) is 5.82 Å². The van der Waals surface area contributed by atoms with E-state index in [-0.39, 0.29) is 0 Å². The number of rotatable bonds is 9. The molecule has 0 saturated heterocycles. The lowest BCUT2D eigenvalue weighted by Crippen LogP contribution is -2.31. The summed E-state index contributed by atoms with van der Waals surface area (Å²) in [6, 6.07) is 5.06. The fourth-order valence-electron chi connectivity index (χ4n) is 2.59. The molecule has 1 aromatic rings. The van der Waals surface area contributed by atoms with Crippen molar-refractivity contribution < 1.29 is 0 Å². The van der Waals surface area contributed by atoms with Crippen molar-refractivity contribution in [1.82, 2.24) is 10.3 Å². The van der Waals surface area contributed by atoms with Gasteiger partial charge in [-0.05, 0) is 43.5 Å². The van der Waals surface area contributed by atoms with E-state index in [4.69, 9.17) is 4.98 Å². The minimum Gasteiger partial charge on any atom is -0.357 e. The van der Waals surface area contributed by atoms with E-state index < -0.39 is 0 Å². The highest BCUT2D eigenvalue weighted by Gasteiger charge is 2.14. The molecule has 3 heteroatoms. The van der Waals surface area contributed by atoms with Gasteiger partial charge in [0.2, 0.25) is 0 Å². The van der Waals surface area contributed by atoms with E-state index in [0.29, 0.717) is 6.04 Å². The second-order valence-electron chi connectivity index (χ2n) is 5.44. The summed E-state index contributed by atoms with van der Waals surface area (Å²) in [7, 11) is 2.17. The summed E-state index contributed by atoms with van der Waals surface area (Å²) in [6.45, 7) is 10.8. The van der Waals surface area contributed by atoms with Crippen LogP contribution in [0.1, 0.15) is 58.2 Å². The Hall–Kier alpha value is -1.09. The lowest BCUT2D eigenvalue weighted by atomic mass is 10.1. The highest BCUT2D eigenvalue weighted by atomic mass is 15.2. The van der Waals surface area contributed by atoms with Gasteiger partial charge in [-0.3, -0.25) is 0 Å². The fraction of sp³-hybridized carbons (Fsp3) is 0.706. The lowest BCUT2D eigenvalue weighted by molar-refractivity contribution is 0.585. The molecule has 0 fully saturated rings. The molecule has 1 N–H and O–H groups in total. The molecule has 1 heterocycles. The van der Waals surface area contributed by atoms with Gasteiger partial charge >= 0.3 is 0 Å². The molecule has 114 valence electrons. The van der Waals surface area contributed by atoms with Crippen LogP contribution in [0.5, 0.6) is 0 Å². The molecule has 3 nitrogen and oxygen atoms in total. The zero-order valence-electron chi connectivity index (χ0n) is 13.9. The molecule has 0 unspecified atom stereocenters. The molecule has 20 heavy (non-hydrogen) atoms. The van der Waals surface area contributed by atoms with Crippen molar-refractivity contribution in [2.45, 2.75) is 66.0 Å². The molecule has 0 spiro atoms. The first kappa shape index (κ1) is 17.0. The number of hydrogen-bond donors (Lipinski definition) is 1. The Kier molecular flexibility index (Phi) is 7.60. The predicted octanol–water partition coefficient (Wildman–Crippen LogP) is 3.77. The minimum absolute atomic E-state index is 0.575. The van der Waals surface area contributed by atoms with E-state index in [2.05, 4.69) is 57.1 Å². The average Bonchev–Trinajstić information content (AvgIpc) is 2.46. The number of aromatic nitrogens is 1. The van der Waals surface area contributed by atoms with Gasteiger partial charge in [0.15, 0.2) is 0 Å². The Balaban J connectivity index is 3.00. The maximum absolute atomic E-state index is 4.85. The molecule has 1 rings (SSSR count). The summed E-state index contributed by atoms with van der Waals surface area (Å²) < 4.78 is 0. The number of pyridine rings is 1. The number of aryl methyl sites for hydroxylation is 1. The second kappa shape index (κ2) is 8.96. The molecule has 0 bridgehead atoms. The van der Waals surface area contributed by atoms with Crippen LogP contribution in [0.2, 0.25) is 0 Å². The summed E-state index contributed by atoms with van der Waals surface area (Å²) in [5.74, 6) is 1.12. The molecule has 0 aliphatic heterocycles. The van der Waals surface area contributed by atoms with Gasteiger partial charge in [-0.15, -0.1) is 0 Å². The zero-order valence-corrected chi connectivity index (χ0v) is 13.9. The van der Waals surface area contributed by atoms with Crippen LogP contribution in [0.15, 0.2) is 12.1 Å². The smallest absolute Gasteiger partial charge is 0.129 e. The summed E-state index contributed by atoms with van der Waals surface area (Å²) in [5, 5.41) is 3.41. The van der Waals surface area contributed by atoms with Gasteiger partial charge in [-0.25, -0.2) is 4.98 Å². The SMILES string of the molecule is CCCc1cc(CNCC)cc(N(C)C(CC)CC)n1. The van der Waals surface area contributed by atoms with Crippen LogP contribution >= 0.6 is 0 Å². The Labute approximate surface area is 124 Å². The number of anilines is 1. The summed E-state index contributed by atoms with van der Waals surface area (Å²) in [5.41, 5.74) is 2.56. The van der Waals surface area contributed by atoms with Crippen molar-refractivity contribution in [2.24, 2.45) is 0 Å². The van der Waals surface area contributed by atoms with Gasteiger partial charge in [0.25, 0.3) is 0 Å². The van der Waals surface area contributed by atoms with Gasteiger partial charge in [-0.2, -0.15) is 0 Å². The normalized spacial score (nSPS) is 11.1. The monoisotopic (exact) mass is 277 g/mol. The van der Waals surface area contributed by atoms with Crippen LogP contribution in [0.4, 0.5) is 5.82 Å². The first-order chi connectivity index (χ1) is 9.65. The molecular weight excluding hydrogens is 246 g/mol. The minimum atomic E-state index is 0.575. The molecule has 0 saturated carbocycles. The van der Waals surface area contributed by atoms with Gasteiger partial charge < -0.3 is 10.2 Å². The Morgan fingerprint density at radius 2 is 1.85 bits per heavy atom. The Morgan fingerprint density at radius 3 is 2.40 bits per heavy atom. The van der Waals surface area contributed by atoms with E-state index in [0.717, 1.165) is 44.6 Å². The quantitative estimate of drug-likeness (QED) is 0.745. The first-order valence-electron chi connectivity index (χ1n) is 8.09. The first-order valence-corrected chi connectivity index (χ1v) is 8.09. The largest absolute Gasteiger partial charge is 0.357 e. The van der Waals surface area contributed by atoms with Gasteiger partial charge in [-0.1, -0.05) is 34.1 Å². The number of nitrogens with zero attached hydrogens (tertiary/aromatic N) is 2. The maximum Gasteiger partial charge on any atom is 0.129 e. The maximum atomic E-state index is 4.85. The molecule has 1 aromatic heterocycles. The van der Waals surface area contributed by atoms with Crippen molar-refractivity contribution >= 4 is 5.82 Å². The van der Waals surface area contributed by atoms with Gasteiger partial charge in [0, 0.05) is 25.3 Å². The highest BCUT2D eigenvalue weighted by Crippen LogP contribution is 2.19. The lowest BCUT2D eigenvalue weighted by Gasteiger charge is -2.28. The molecule has 0 amide bonds. The molecule has 0 atom stereocenters. The van der Waals surface area contributed by atoms with Gasteiger partial charge in [0.05, 0.1) is 0 Å². The van der Waals surface area contributed by atoms with Crippen molar-refractivity contribution in [2.75, 3.05) is 18.5 Å². The molecular formula is C17H31N3. The Morgan fingerprint density at radius 1 is 1.15 bits per heavy atom. The molecule has 0 aliphatic carbocycles. The third-order valence-electron chi connectivity index (χ3n) is 3.86. The van der Waals surface area contributed by atoms with Crippen LogP contribution in [0.3, 0.4) is 0 Å². The van der Waals surface area contributed by atoms with E-state index >= 15 is 0 Å². The second-order valence-corrected chi connectivity index (χ2v) is 5.44. The standard InChI is InChI=1S/C17H31N3/c1-6-10-15-11-14(13-18-9-4)12-17(19-15)20(5)16(7-2)8-3/h11-12,16,18H,6-10,13H2,1-5H3. The number of hydrogen-bond acceptors (Lipinski definition) is 3. The van der Waals surface area contributed by atoms with Crippen LogP contribution in [-0.4, -0.2) is 24.6 Å². The van der Waals surface area contributed by atoms with E-state index in [1.54, 1.807) is 0 Å².